The van der Waals surface area contributed by atoms with Crippen LogP contribution in [0, 0.1) is 0 Å². The molecule has 0 N–H and O–H groups in total. The van der Waals surface area contributed by atoms with Crippen LogP contribution in [-0.4, -0.2) is 29.9 Å². The van der Waals surface area contributed by atoms with E-state index in [0.717, 1.165) is 138 Å². The van der Waals surface area contributed by atoms with Crippen molar-refractivity contribution >= 4 is 85.0 Å². The summed E-state index contributed by atoms with van der Waals surface area (Å²) in [4.78, 5) is 32.5. The van der Waals surface area contributed by atoms with Crippen molar-refractivity contribution in [2.24, 2.45) is 0 Å². The van der Waals surface area contributed by atoms with Crippen molar-refractivity contribution in [3.63, 3.8) is 0 Å². The van der Waals surface area contributed by atoms with E-state index in [9.17, 15) is 0 Å². The molecule has 9 heteroatoms. The first-order valence-electron chi connectivity index (χ1n) is 43.1. The Kier molecular flexibility index (Phi) is 18.1. The molecule has 7 nitrogen and oxygen atoms in total. The molecule has 0 saturated heterocycles. The smallest absolute Gasteiger partial charge is 0.164 e. The molecule has 0 bridgehead atoms. The molecule has 0 saturated carbocycles. The standard InChI is InChI=1S/C118H76N6OS2/c1-117(2)99-47-22-20-42-92(99)107-98(116-123-112(79-32-12-5-13-33-79)121-115(124-116)95-46-27-51-106-110(95)97-70-82(62-67-104(97)127-106)73-52-54-76(55-53-73)90-41-19-18-40-89(90)75-28-8-3-9-29-75)71-84(72-100(107)117)81-34-24-39-88(68-81)118(85-35-14-6-15-36-85,86-37-16-7-17-38-86)87-64-60-74(61-65-87)83-63-66-103-96(69-83)109-91(44-26-50-105(109)126-103)77-56-58-80(59-57-77)113-119-111(78-30-10-4-11-31-78)120-114(122-113)94-45-25-49-102-108(94)93-43-21-23-48-101(93)125-102/h3-72H,1-2H3. The average molecular weight is 1660 g/mol. The maximum Gasteiger partial charge on any atom is 0.164 e. The van der Waals surface area contributed by atoms with Crippen LogP contribution in [0.2, 0.25) is 0 Å². The van der Waals surface area contributed by atoms with Crippen LogP contribution >= 0.6 is 22.7 Å². The van der Waals surface area contributed by atoms with Crippen LogP contribution in [0.5, 0.6) is 0 Å². The van der Waals surface area contributed by atoms with Gasteiger partial charge < -0.3 is 4.42 Å². The summed E-state index contributed by atoms with van der Waals surface area (Å²) in [6, 6.07) is 154. The van der Waals surface area contributed by atoms with Gasteiger partial charge in [0, 0.05) is 89.9 Å². The molecule has 127 heavy (non-hydrogen) atoms. The second-order valence-corrected chi connectivity index (χ2v) is 35.6. The predicted octanol–water partition coefficient (Wildman–Crippen LogP) is 31.4. The Balaban J connectivity index is 0.605. The van der Waals surface area contributed by atoms with Crippen molar-refractivity contribution in [1.29, 1.82) is 0 Å². The number of thiophene rings is 2. The maximum atomic E-state index is 6.35. The summed E-state index contributed by atoms with van der Waals surface area (Å²) in [5.41, 5.74) is 29.1. The first-order chi connectivity index (χ1) is 62.7. The van der Waals surface area contributed by atoms with E-state index in [1.54, 1.807) is 11.3 Å². The van der Waals surface area contributed by atoms with Gasteiger partial charge in [0.25, 0.3) is 0 Å². The molecule has 5 aromatic heterocycles. The number of fused-ring (bicyclic) bond motifs is 12. The minimum Gasteiger partial charge on any atom is -0.456 e. The molecule has 0 atom stereocenters. The van der Waals surface area contributed by atoms with Gasteiger partial charge in [-0.3, -0.25) is 0 Å². The number of furan rings is 1. The van der Waals surface area contributed by atoms with Gasteiger partial charge in [0.2, 0.25) is 0 Å². The summed E-state index contributed by atoms with van der Waals surface area (Å²) < 4.78 is 11.2. The molecule has 0 spiro atoms. The van der Waals surface area contributed by atoms with Gasteiger partial charge in [0.05, 0.1) is 5.41 Å². The van der Waals surface area contributed by atoms with Gasteiger partial charge in [-0.2, -0.15) is 0 Å². The van der Waals surface area contributed by atoms with Crippen LogP contribution in [-0.2, 0) is 10.8 Å². The molecule has 5 heterocycles. The van der Waals surface area contributed by atoms with Crippen molar-refractivity contribution in [3.8, 4) is 146 Å². The van der Waals surface area contributed by atoms with E-state index >= 15 is 0 Å². The number of nitrogens with zero attached hydrogens (tertiary/aromatic N) is 6. The Morgan fingerprint density at radius 2 is 0.583 bits per heavy atom. The fraction of sp³-hybridized carbons (Fsp3) is 0.0339. The molecular formula is C118H76N6OS2. The number of benzene rings is 18. The zero-order valence-electron chi connectivity index (χ0n) is 69.3. The summed E-state index contributed by atoms with van der Waals surface area (Å²) in [5, 5.41) is 6.72. The Bertz CT molecular complexity index is 8210. The highest BCUT2D eigenvalue weighted by atomic mass is 32.1. The van der Waals surface area contributed by atoms with Crippen molar-refractivity contribution in [3.05, 3.63) is 458 Å². The molecule has 0 radical (unpaired) electrons. The lowest BCUT2D eigenvalue weighted by Gasteiger charge is -2.37. The molecule has 1 aliphatic rings. The van der Waals surface area contributed by atoms with Gasteiger partial charge in [-0.15, -0.1) is 22.7 Å². The van der Waals surface area contributed by atoms with Gasteiger partial charge in [-0.1, -0.05) is 372 Å². The van der Waals surface area contributed by atoms with E-state index in [0.29, 0.717) is 34.9 Å². The summed E-state index contributed by atoms with van der Waals surface area (Å²) in [6.07, 6.45) is 0. The van der Waals surface area contributed by atoms with E-state index < -0.39 is 5.41 Å². The predicted molar refractivity (Wildman–Crippen MR) is 527 cm³/mol. The first-order valence-corrected chi connectivity index (χ1v) is 44.7. The summed E-state index contributed by atoms with van der Waals surface area (Å²) in [6.45, 7) is 4.73. The van der Waals surface area contributed by atoms with Gasteiger partial charge >= 0.3 is 0 Å². The topological polar surface area (TPSA) is 90.5 Å². The Morgan fingerprint density at radius 3 is 1.17 bits per heavy atom. The Hall–Kier alpha value is -15.8. The highest BCUT2D eigenvalue weighted by Gasteiger charge is 2.41. The van der Waals surface area contributed by atoms with E-state index in [1.165, 1.54) is 68.5 Å². The average Bonchev–Trinajstić information content (AvgIpc) is 1.53. The van der Waals surface area contributed by atoms with Gasteiger partial charge in [-0.25, -0.2) is 29.9 Å². The molecule has 1 aliphatic carbocycles. The zero-order chi connectivity index (χ0) is 84.3. The maximum absolute atomic E-state index is 6.35. The van der Waals surface area contributed by atoms with Crippen LogP contribution in [0.3, 0.4) is 0 Å². The summed E-state index contributed by atoms with van der Waals surface area (Å²) >= 11 is 3.64. The largest absolute Gasteiger partial charge is 0.456 e. The highest BCUT2D eigenvalue weighted by molar-refractivity contribution is 7.26. The third-order valence-corrected chi connectivity index (χ3v) is 28.1. The summed E-state index contributed by atoms with van der Waals surface area (Å²) in [7, 11) is 0. The molecule has 23 aromatic rings. The van der Waals surface area contributed by atoms with Crippen LogP contribution in [0.25, 0.3) is 208 Å². The lowest BCUT2D eigenvalue weighted by atomic mass is 9.64. The normalized spacial score (nSPS) is 12.4. The van der Waals surface area contributed by atoms with E-state index in [4.69, 9.17) is 34.3 Å². The number of hydrogen-bond donors (Lipinski definition) is 0. The molecule has 0 unspecified atom stereocenters. The monoisotopic (exact) mass is 1660 g/mol. The van der Waals surface area contributed by atoms with Crippen molar-refractivity contribution in [2.75, 3.05) is 0 Å². The van der Waals surface area contributed by atoms with E-state index in [2.05, 4.69) is 378 Å². The number of rotatable bonds is 16. The number of aromatic nitrogens is 6. The first kappa shape index (κ1) is 75.0. The fourth-order valence-corrected chi connectivity index (χ4v) is 21.9. The van der Waals surface area contributed by atoms with Gasteiger partial charge in [-0.05, 0) is 178 Å². The Morgan fingerprint density at radius 1 is 0.213 bits per heavy atom. The third-order valence-electron chi connectivity index (χ3n) is 25.8. The van der Waals surface area contributed by atoms with Crippen molar-refractivity contribution < 1.29 is 4.42 Å². The molecule has 18 aromatic carbocycles. The molecule has 0 amide bonds. The SMILES string of the molecule is CC1(C)c2ccccc2-c2c(-c3nc(-c4ccccc4)nc(-c4cccc5sc6ccc(-c7ccc(-c8ccccc8-c8ccccc8)cc7)cc6c45)n3)cc(-c3cccc(C(c4ccccc4)(c4ccccc4)c4ccc(-c5ccc6sc7cccc(-c8ccc(-c9nc(-c%10ccccc%10)nc(-c%10cccc%11oc%12ccccc%12c%10%11)n9)cc8)c7c6c5)cc4)c3)cc21. The van der Waals surface area contributed by atoms with Crippen LogP contribution < -0.4 is 0 Å². The van der Waals surface area contributed by atoms with Crippen LogP contribution in [0.4, 0.5) is 0 Å². The molecule has 24 rings (SSSR count). The van der Waals surface area contributed by atoms with E-state index in [-0.39, 0.29) is 5.41 Å². The second-order valence-electron chi connectivity index (χ2n) is 33.4. The van der Waals surface area contributed by atoms with Crippen molar-refractivity contribution in [1.82, 2.24) is 29.9 Å². The number of para-hydroxylation sites is 1. The van der Waals surface area contributed by atoms with Crippen LogP contribution in [0.1, 0.15) is 47.2 Å². The zero-order valence-corrected chi connectivity index (χ0v) is 71.0. The van der Waals surface area contributed by atoms with Crippen molar-refractivity contribution in [2.45, 2.75) is 24.7 Å². The summed E-state index contributed by atoms with van der Waals surface area (Å²) in [5.74, 6) is 3.61. The molecular weight excluding hydrogens is 1580 g/mol. The third kappa shape index (κ3) is 12.8. The van der Waals surface area contributed by atoms with Crippen LogP contribution in [0.15, 0.2) is 429 Å². The molecule has 0 fully saturated rings. The molecule has 0 aliphatic heterocycles. The highest BCUT2D eigenvalue weighted by Crippen LogP contribution is 2.56. The quantitative estimate of drug-likeness (QED) is 0.0890. The second kappa shape index (κ2) is 30.6. The fourth-order valence-electron chi connectivity index (χ4n) is 19.7. The minimum atomic E-state index is -0.786. The van der Waals surface area contributed by atoms with Gasteiger partial charge in [0.1, 0.15) is 11.2 Å². The number of hydrogen-bond acceptors (Lipinski definition) is 9. The minimum absolute atomic E-state index is 0.387. The lowest BCUT2D eigenvalue weighted by Crippen LogP contribution is -2.31. The van der Waals surface area contributed by atoms with E-state index in [1.807, 2.05) is 72.0 Å². The molecule has 596 valence electrons. The lowest BCUT2D eigenvalue weighted by molar-refractivity contribution is 0.660. The van der Waals surface area contributed by atoms with Gasteiger partial charge in [0.15, 0.2) is 34.9 Å². The Labute approximate surface area is 742 Å².